The van der Waals surface area contributed by atoms with Gasteiger partial charge in [-0.3, -0.25) is 5.32 Å². The first-order valence-corrected chi connectivity index (χ1v) is 21.9. The predicted molar refractivity (Wildman–Crippen MR) is 259 cm³/mol. The molecule has 0 saturated heterocycles. The zero-order valence-corrected chi connectivity index (χ0v) is 34.9. The summed E-state index contributed by atoms with van der Waals surface area (Å²) in [5, 5.41) is 9.98. The maximum atomic E-state index is 5.34. The molecule has 0 bridgehead atoms. The number of nitrogens with one attached hydrogen (secondary N) is 2. The molecule has 1 aliphatic heterocycles. The fourth-order valence-electron chi connectivity index (χ4n) is 10.4. The van der Waals surface area contributed by atoms with E-state index in [0.717, 1.165) is 39.2 Å². The first-order valence-electron chi connectivity index (χ1n) is 21.9. The third-order valence-electron chi connectivity index (χ3n) is 13.2. The molecule has 1 aliphatic carbocycles. The van der Waals surface area contributed by atoms with Gasteiger partial charge in [-0.25, -0.2) is 4.99 Å². The molecule has 10 aromatic rings. The van der Waals surface area contributed by atoms with E-state index in [9.17, 15) is 0 Å². The fraction of sp³-hybridized carbons (Fsp3) is 0.0678. The monoisotopic (exact) mass is 808 g/mol. The minimum absolute atomic E-state index is 0.133. The lowest BCUT2D eigenvalue weighted by Crippen LogP contribution is -2.44. The second-order valence-corrected chi connectivity index (χ2v) is 16.9. The van der Waals surface area contributed by atoms with Crippen molar-refractivity contribution in [2.75, 3.05) is 0 Å². The Morgan fingerprint density at radius 3 is 1.76 bits per heavy atom. The Kier molecular flexibility index (Phi) is 8.80. The molecule has 2 unspecified atom stereocenters. The summed E-state index contributed by atoms with van der Waals surface area (Å²) in [4.78, 5) is 5.34. The number of hydrogen-bond acceptors (Lipinski definition) is 3. The number of nitrogens with zero attached hydrogens (tertiary/aromatic N) is 2. The van der Waals surface area contributed by atoms with Crippen LogP contribution in [-0.2, 0) is 5.41 Å². The second kappa shape index (κ2) is 15.0. The van der Waals surface area contributed by atoms with E-state index in [2.05, 4.69) is 241 Å². The minimum Gasteiger partial charge on any atom is -0.350 e. The summed E-state index contributed by atoms with van der Waals surface area (Å²) in [6.07, 6.45) is -0.432. The van der Waals surface area contributed by atoms with E-state index in [1.54, 1.807) is 0 Å². The summed E-state index contributed by atoms with van der Waals surface area (Å²) in [5.74, 6) is 0.867. The van der Waals surface area contributed by atoms with Crippen LogP contribution in [0.2, 0.25) is 0 Å². The van der Waals surface area contributed by atoms with E-state index < -0.39 is 5.41 Å². The van der Waals surface area contributed by atoms with Gasteiger partial charge in [0.2, 0.25) is 0 Å². The molecule has 0 fully saturated rings. The molecular weight excluding hydrogens is 765 g/mol. The molecule has 1 aromatic heterocycles. The first kappa shape index (κ1) is 37.0. The average molecular weight is 809 g/mol. The van der Waals surface area contributed by atoms with E-state index in [-0.39, 0.29) is 12.3 Å². The topological polar surface area (TPSA) is 41.4 Å². The summed E-state index contributed by atoms with van der Waals surface area (Å²) in [7, 11) is 0. The highest BCUT2D eigenvalue weighted by Crippen LogP contribution is 2.56. The van der Waals surface area contributed by atoms with Crippen LogP contribution in [0.4, 0.5) is 0 Å². The van der Waals surface area contributed by atoms with Crippen molar-refractivity contribution in [3.63, 3.8) is 0 Å². The molecule has 2 atom stereocenters. The summed E-state index contributed by atoms with van der Waals surface area (Å²) >= 11 is 0. The van der Waals surface area contributed by atoms with E-state index in [4.69, 9.17) is 4.99 Å². The number of benzene rings is 9. The normalized spacial score (nSPS) is 16.3. The van der Waals surface area contributed by atoms with Crippen molar-refractivity contribution in [2.45, 2.75) is 24.7 Å². The van der Waals surface area contributed by atoms with Crippen molar-refractivity contribution in [1.29, 1.82) is 0 Å². The maximum absolute atomic E-state index is 5.34. The fourth-order valence-corrected chi connectivity index (χ4v) is 10.4. The number of aromatic nitrogens is 1. The van der Waals surface area contributed by atoms with Crippen molar-refractivity contribution in [3.05, 3.63) is 269 Å². The van der Waals surface area contributed by atoms with E-state index >= 15 is 0 Å². The SMILES string of the molecule is Cc1cccc(C2(c3ccc4c5ccc(-c6ccccc6)cc5n(-c5cccc(C6N=C(c7ccccc7)NC(c7ccccc7)N6)c5)c4c3)c3ccccc3-c3ccccc32)c1. The van der Waals surface area contributed by atoms with Crippen molar-refractivity contribution in [3.8, 4) is 27.9 Å². The number of amidine groups is 1. The van der Waals surface area contributed by atoms with Gasteiger partial charge >= 0.3 is 0 Å². The predicted octanol–water partition coefficient (Wildman–Crippen LogP) is 13.5. The Morgan fingerprint density at radius 2 is 1.05 bits per heavy atom. The quantitative estimate of drug-likeness (QED) is 0.168. The Hall–Kier alpha value is -7.79. The van der Waals surface area contributed by atoms with Crippen LogP contribution < -0.4 is 10.6 Å². The molecule has 4 heteroatoms. The molecule has 2 aliphatic rings. The number of aliphatic imine (C=N–C) groups is 1. The third-order valence-corrected chi connectivity index (χ3v) is 13.2. The molecule has 0 radical (unpaired) electrons. The maximum Gasteiger partial charge on any atom is 0.131 e. The van der Waals surface area contributed by atoms with E-state index in [1.165, 1.54) is 60.8 Å². The molecule has 63 heavy (non-hydrogen) atoms. The zero-order valence-electron chi connectivity index (χ0n) is 34.9. The number of fused-ring (bicyclic) bond motifs is 6. The highest BCUT2D eigenvalue weighted by molar-refractivity contribution is 6.11. The highest BCUT2D eigenvalue weighted by atomic mass is 15.3. The van der Waals surface area contributed by atoms with Gasteiger partial charge in [-0.1, -0.05) is 206 Å². The molecule has 12 rings (SSSR count). The molecule has 0 spiro atoms. The van der Waals surface area contributed by atoms with Gasteiger partial charge in [0.05, 0.1) is 16.4 Å². The average Bonchev–Trinajstić information content (AvgIpc) is 3.85. The van der Waals surface area contributed by atoms with Gasteiger partial charge in [-0.15, -0.1) is 0 Å². The molecule has 0 amide bonds. The van der Waals surface area contributed by atoms with Gasteiger partial charge < -0.3 is 9.88 Å². The first-order chi connectivity index (χ1) is 31.1. The van der Waals surface area contributed by atoms with Crippen LogP contribution in [0.5, 0.6) is 0 Å². The lowest BCUT2D eigenvalue weighted by Gasteiger charge is -2.34. The van der Waals surface area contributed by atoms with Gasteiger partial charge in [-0.2, -0.15) is 0 Å². The van der Waals surface area contributed by atoms with Crippen LogP contribution in [-0.4, -0.2) is 10.4 Å². The van der Waals surface area contributed by atoms with Crippen LogP contribution in [0.15, 0.2) is 229 Å². The van der Waals surface area contributed by atoms with Crippen LogP contribution in [0.1, 0.15) is 56.8 Å². The van der Waals surface area contributed by atoms with Crippen molar-refractivity contribution in [1.82, 2.24) is 15.2 Å². The number of aryl methyl sites for hydroxylation is 1. The van der Waals surface area contributed by atoms with Crippen LogP contribution in [0.3, 0.4) is 0 Å². The van der Waals surface area contributed by atoms with Gasteiger partial charge in [0, 0.05) is 22.0 Å². The summed E-state index contributed by atoms with van der Waals surface area (Å²) in [6.45, 7) is 2.20. The summed E-state index contributed by atoms with van der Waals surface area (Å²) in [6, 6.07) is 82.0. The molecule has 9 aromatic carbocycles. The minimum atomic E-state index is -0.528. The third kappa shape index (κ3) is 6.06. The van der Waals surface area contributed by atoms with E-state index in [1.807, 2.05) is 6.07 Å². The van der Waals surface area contributed by atoms with Gasteiger partial charge in [0.1, 0.15) is 18.2 Å². The molecule has 0 saturated carbocycles. The number of hydrogen-bond donors (Lipinski definition) is 2. The largest absolute Gasteiger partial charge is 0.350 e. The Balaban J connectivity index is 1.10. The standard InChI is InChI=1S/C59H44N4/c1-39-17-15-25-45(35-39)59(52-29-13-11-27-48(52)49-28-12-14-30-53(49)59)46-32-34-51-50-33-31-43(40-18-5-2-6-19-40)37-54(50)63(55(51)38-46)47-26-16-24-44(36-47)58-61-56(41-20-7-3-8-21-41)60-57(62-58)42-22-9-4-10-23-42/h2-38,56,58,61H,1H3,(H,60,62). The highest BCUT2D eigenvalue weighted by Gasteiger charge is 2.46. The summed E-state index contributed by atoms with van der Waals surface area (Å²) in [5.41, 5.74) is 17.5. The van der Waals surface area contributed by atoms with Crippen molar-refractivity contribution >= 4 is 27.6 Å². The van der Waals surface area contributed by atoms with Gasteiger partial charge in [-0.05, 0) is 86.8 Å². The van der Waals surface area contributed by atoms with Crippen LogP contribution >= 0.6 is 0 Å². The Morgan fingerprint density at radius 1 is 0.460 bits per heavy atom. The molecule has 2 N–H and O–H groups in total. The smallest absolute Gasteiger partial charge is 0.131 e. The molecule has 300 valence electrons. The zero-order chi connectivity index (χ0) is 41.9. The van der Waals surface area contributed by atoms with Crippen molar-refractivity contribution < 1.29 is 0 Å². The Bertz CT molecular complexity index is 3320. The molecular formula is C59H44N4. The van der Waals surface area contributed by atoms with Gasteiger partial charge in [0.15, 0.2) is 0 Å². The lowest BCUT2D eigenvalue weighted by atomic mass is 9.67. The Labute approximate surface area is 367 Å². The van der Waals surface area contributed by atoms with Crippen molar-refractivity contribution in [2.24, 2.45) is 4.99 Å². The molecule has 2 heterocycles. The van der Waals surface area contributed by atoms with Crippen LogP contribution in [0, 0.1) is 6.92 Å². The second-order valence-electron chi connectivity index (χ2n) is 16.9. The van der Waals surface area contributed by atoms with Gasteiger partial charge in [0.25, 0.3) is 0 Å². The lowest BCUT2D eigenvalue weighted by molar-refractivity contribution is 0.409. The molecule has 4 nitrogen and oxygen atoms in total. The van der Waals surface area contributed by atoms with E-state index in [0.29, 0.717) is 0 Å². The van der Waals surface area contributed by atoms with Crippen LogP contribution in [0.25, 0.3) is 49.7 Å². The number of rotatable bonds is 7. The summed E-state index contributed by atoms with van der Waals surface area (Å²) < 4.78 is 2.48.